The number of rotatable bonds is 6. The molecule has 2 aliphatic rings. The Kier molecular flexibility index (Phi) is 7.92. The van der Waals surface area contributed by atoms with Crippen LogP contribution in [0.1, 0.15) is 64.2 Å². The second kappa shape index (κ2) is 11.5. The van der Waals surface area contributed by atoms with E-state index in [0.717, 1.165) is 22.3 Å². The minimum absolute atomic E-state index is 0.0227. The number of benzene rings is 3. The summed E-state index contributed by atoms with van der Waals surface area (Å²) in [5.41, 5.74) is 3.16. The summed E-state index contributed by atoms with van der Waals surface area (Å²) in [5.74, 6) is -0.180. The van der Waals surface area contributed by atoms with E-state index in [9.17, 15) is 14.4 Å². The molecule has 2 amide bonds. The Morgan fingerprint density at radius 1 is 0.900 bits per heavy atom. The van der Waals surface area contributed by atoms with Gasteiger partial charge in [-0.25, -0.2) is 0 Å². The Bertz CT molecular complexity index is 1400. The molecule has 7 nitrogen and oxygen atoms in total. The van der Waals surface area contributed by atoms with Crippen molar-refractivity contribution in [3.8, 4) is 5.75 Å². The summed E-state index contributed by atoms with van der Waals surface area (Å²) in [6.07, 6.45) is 2.39. The third kappa shape index (κ3) is 4.96. The number of hydrogen-bond acceptors (Lipinski definition) is 5. The standard InChI is InChI=1S/C33H36N2O5/c1-22-13-14-29(39-2)27(21-22)30(36)34-24-16-19-35(20-17-24)31(37)26-15-18-33(32(38)40-3,23-9-5-4-6-10-23)28-12-8-7-11-25(26)28/h4-14,21,24,26H,15-20H2,1-3H3,(H,34,36)/t26-,33+/m1/s1. The normalized spacial score (nSPS) is 20.8. The molecule has 0 unspecified atom stereocenters. The zero-order valence-electron chi connectivity index (χ0n) is 23.3. The summed E-state index contributed by atoms with van der Waals surface area (Å²) >= 11 is 0. The van der Waals surface area contributed by atoms with Crippen molar-refractivity contribution in [1.29, 1.82) is 0 Å². The molecule has 208 valence electrons. The number of carbonyl (C=O) groups is 3. The summed E-state index contributed by atoms with van der Waals surface area (Å²) in [6.45, 7) is 3.07. The number of amides is 2. The first-order valence-corrected chi connectivity index (χ1v) is 13.9. The summed E-state index contributed by atoms with van der Waals surface area (Å²) in [4.78, 5) is 42.1. The minimum atomic E-state index is -0.947. The largest absolute Gasteiger partial charge is 0.496 e. The van der Waals surface area contributed by atoms with E-state index >= 15 is 0 Å². The van der Waals surface area contributed by atoms with E-state index in [-0.39, 0.29) is 29.7 Å². The zero-order chi connectivity index (χ0) is 28.3. The molecule has 0 bridgehead atoms. The van der Waals surface area contributed by atoms with Gasteiger partial charge in [-0.05, 0) is 61.4 Å². The molecule has 7 heteroatoms. The van der Waals surface area contributed by atoms with Crippen LogP contribution in [-0.2, 0) is 19.7 Å². The molecule has 1 fully saturated rings. The van der Waals surface area contributed by atoms with Gasteiger partial charge in [-0.3, -0.25) is 14.4 Å². The zero-order valence-corrected chi connectivity index (χ0v) is 23.3. The minimum Gasteiger partial charge on any atom is -0.496 e. The van der Waals surface area contributed by atoms with E-state index in [2.05, 4.69) is 5.32 Å². The number of esters is 1. The van der Waals surface area contributed by atoms with Crippen molar-refractivity contribution in [2.45, 2.75) is 50.0 Å². The van der Waals surface area contributed by atoms with Gasteiger partial charge in [-0.15, -0.1) is 0 Å². The van der Waals surface area contributed by atoms with E-state index in [4.69, 9.17) is 9.47 Å². The highest BCUT2D eigenvalue weighted by atomic mass is 16.5. The third-order valence-corrected chi connectivity index (χ3v) is 8.44. The van der Waals surface area contributed by atoms with E-state index < -0.39 is 5.41 Å². The maximum atomic E-state index is 13.9. The molecule has 0 saturated carbocycles. The Labute approximate surface area is 235 Å². The fraction of sp³-hybridized carbons (Fsp3) is 0.364. The van der Waals surface area contributed by atoms with E-state index in [0.29, 0.717) is 50.1 Å². The smallest absolute Gasteiger partial charge is 0.320 e. The maximum Gasteiger partial charge on any atom is 0.320 e. The lowest BCUT2D eigenvalue weighted by molar-refractivity contribution is -0.147. The number of hydrogen-bond donors (Lipinski definition) is 1. The lowest BCUT2D eigenvalue weighted by atomic mass is 9.63. The van der Waals surface area contributed by atoms with Crippen molar-refractivity contribution in [3.63, 3.8) is 0 Å². The van der Waals surface area contributed by atoms with Crippen molar-refractivity contribution in [2.75, 3.05) is 27.3 Å². The van der Waals surface area contributed by atoms with Crippen molar-refractivity contribution in [2.24, 2.45) is 0 Å². The van der Waals surface area contributed by atoms with Gasteiger partial charge in [0.25, 0.3) is 5.91 Å². The van der Waals surface area contributed by atoms with Gasteiger partial charge in [-0.2, -0.15) is 0 Å². The van der Waals surface area contributed by atoms with Gasteiger partial charge >= 0.3 is 5.97 Å². The number of nitrogens with one attached hydrogen (secondary N) is 1. The van der Waals surface area contributed by atoms with Crippen LogP contribution >= 0.6 is 0 Å². The quantitative estimate of drug-likeness (QED) is 0.456. The molecule has 1 N–H and O–H groups in total. The van der Waals surface area contributed by atoms with Crippen LogP contribution in [0, 0.1) is 6.92 Å². The van der Waals surface area contributed by atoms with Crippen LogP contribution in [-0.4, -0.2) is 56.0 Å². The molecule has 1 saturated heterocycles. The predicted octanol–water partition coefficient (Wildman–Crippen LogP) is 4.76. The first-order valence-electron chi connectivity index (χ1n) is 13.9. The number of nitrogens with zero attached hydrogens (tertiary/aromatic N) is 1. The first kappa shape index (κ1) is 27.4. The first-order chi connectivity index (χ1) is 19.4. The van der Waals surface area contributed by atoms with Crippen LogP contribution in [0.15, 0.2) is 72.8 Å². The fourth-order valence-corrected chi connectivity index (χ4v) is 6.35. The van der Waals surface area contributed by atoms with Crippen molar-refractivity contribution >= 4 is 17.8 Å². The van der Waals surface area contributed by atoms with Crippen molar-refractivity contribution < 1.29 is 23.9 Å². The van der Waals surface area contributed by atoms with E-state index in [1.54, 1.807) is 13.2 Å². The molecule has 1 aliphatic carbocycles. The highest BCUT2D eigenvalue weighted by Crippen LogP contribution is 2.48. The molecule has 40 heavy (non-hydrogen) atoms. The predicted molar refractivity (Wildman–Crippen MR) is 152 cm³/mol. The molecular weight excluding hydrogens is 504 g/mol. The number of aryl methyl sites for hydroxylation is 1. The monoisotopic (exact) mass is 540 g/mol. The highest BCUT2D eigenvalue weighted by molar-refractivity contribution is 5.97. The third-order valence-electron chi connectivity index (χ3n) is 8.44. The van der Waals surface area contributed by atoms with Gasteiger partial charge in [0.2, 0.25) is 5.91 Å². The van der Waals surface area contributed by atoms with Gasteiger partial charge in [-0.1, -0.05) is 66.2 Å². The molecule has 0 aromatic heterocycles. The number of likely N-dealkylation sites (tertiary alicyclic amines) is 1. The molecule has 1 heterocycles. The van der Waals surface area contributed by atoms with Crippen LogP contribution in [0.3, 0.4) is 0 Å². The lowest BCUT2D eigenvalue weighted by Gasteiger charge is -2.42. The van der Waals surface area contributed by atoms with Gasteiger partial charge in [0.05, 0.1) is 25.7 Å². The van der Waals surface area contributed by atoms with Crippen LogP contribution in [0.4, 0.5) is 0 Å². The van der Waals surface area contributed by atoms with Gasteiger partial charge < -0.3 is 19.7 Å². The average Bonchev–Trinajstić information content (AvgIpc) is 3.00. The second-order valence-electron chi connectivity index (χ2n) is 10.7. The molecule has 3 aromatic carbocycles. The van der Waals surface area contributed by atoms with Crippen LogP contribution < -0.4 is 10.1 Å². The van der Waals surface area contributed by atoms with Crippen LogP contribution in [0.25, 0.3) is 0 Å². The Hall–Kier alpha value is -4.13. The molecule has 5 rings (SSSR count). The second-order valence-corrected chi connectivity index (χ2v) is 10.7. The van der Waals surface area contributed by atoms with Crippen molar-refractivity contribution in [1.82, 2.24) is 10.2 Å². The Morgan fingerprint density at radius 2 is 1.60 bits per heavy atom. The number of methoxy groups -OCH3 is 2. The maximum absolute atomic E-state index is 13.9. The average molecular weight is 541 g/mol. The number of fused-ring (bicyclic) bond motifs is 1. The van der Waals surface area contributed by atoms with Gasteiger partial charge in [0, 0.05) is 19.1 Å². The van der Waals surface area contributed by atoms with Crippen molar-refractivity contribution in [3.05, 3.63) is 101 Å². The van der Waals surface area contributed by atoms with Crippen LogP contribution in [0.2, 0.25) is 0 Å². The molecule has 2 atom stereocenters. The topological polar surface area (TPSA) is 84.9 Å². The van der Waals surface area contributed by atoms with Gasteiger partial charge in [0.15, 0.2) is 0 Å². The summed E-state index contributed by atoms with van der Waals surface area (Å²) in [6, 6.07) is 23.0. The van der Waals surface area contributed by atoms with Crippen LogP contribution in [0.5, 0.6) is 5.75 Å². The molecular formula is C33H36N2O5. The van der Waals surface area contributed by atoms with E-state index in [1.807, 2.05) is 78.6 Å². The summed E-state index contributed by atoms with van der Waals surface area (Å²) in [7, 11) is 2.98. The molecule has 0 spiro atoms. The summed E-state index contributed by atoms with van der Waals surface area (Å²) < 4.78 is 10.7. The Morgan fingerprint density at radius 3 is 2.30 bits per heavy atom. The molecule has 1 aliphatic heterocycles. The number of piperidine rings is 1. The highest BCUT2D eigenvalue weighted by Gasteiger charge is 2.49. The number of ether oxygens (including phenoxy) is 2. The Balaban J connectivity index is 1.31. The summed E-state index contributed by atoms with van der Waals surface area (Å²) in [5, 5.41) is 3.13. The number of carbonyl (C=O) groups excluding carboxylic acids is 3. The fourth-order valence-electron chi connectivity index (χ4n) is 6.35. The molecule has 3 aromatic rings. The van der Waals surface area contributed by atoms with E-state index in [1.165, 1.54) is 7.11 Å². The van der Waals surface area contributed by atoms with Gasteiger partial charge in [0.1, 0.15) is 11.2 Å². The SMILES string of the molecule is COC(=O)[C@]1(c2ccccc2)CC[C@@H](C(=O)N2CCC(NC(=O)c3cc(C)ccc3OC)CC2)c2ccccc21. The molecule has 0 radical (unpaired) electrons. The lowest BCUT2D eigenvalue weighted by Crippen LogP contribution is -2.49.